The van der Waals surface area contributed by atoms with E-state index < -0.39 is 5.97 Å². The molecule has 0 bridgehead atoms. The molecule has 0 radical (unpaired) electrons. The number of aldehydes is 1. The highest BCUT2D eigenvalue weighted by Crippen LogP contribution is 2.26. The quantitative estimate of drug-likeness (QED) is 0.842. The van der Waals surface area contributed by atoms with Gasteiger partial charge in [-0.05, 0) is 31.0 Å². The zero-order valence-corrected chi connectivity index (χ0v) is 10.4. The summed E-state index contributed by atoms with van der Waals surface area (Å²) in [7, 11) is 0. The fourth-order valence-corrected chi connectivity index (χ4v) is 2.24. The van der Waals surface area contributed by atoms with Crippen LogP contribution in [0.15, 0.2) is 18.3 Å². The van der Waals surface area contributed by atoms with Gasteiger partial charge in [-0.2, -0.15) is 0 Å². The van der Waals surface area contributed by atoms with Gasteiger partial charge in [0.2, 0.25) is 0 Å². The summed E-state index contributed by atoms with van der Waals surface area (Å²) < 4.78 is 1.81. The number of hydrogen-bond donors (Lipinski definition) is 1. The molecule has 0 amide bonds. The number of rotatable bonds is 4. The van der Waals surface area contributed by atoms with Crippen molar-refractivity contribution >= 4 is 23.2 Å². The fourth-order valence-electron chi connectivity index (χ4n) is 2.24. The zero-order valence-electron chi connectivity index (χ0n) is 10.4. The molecule has 0 aliphatic rings. The van der Waals surface area contributed by atoms with Crippen LogP contribution in [0.3, 0.4) is 0 Å². The zero-order chi connectivity index (χ0) is 13.3. The Kier molecular flexibility index (Phi) is 3.19. The Morgan fingerprint density at radius 1 is 1.39 bits per heavy atom. The molecular formula is C14H15NO3. The number of aromatic carboxylic acids is 1. The van der Waals surface area contributed by atoms with Gasteiger partial charge < -0.3 is 9.67 Å². The molecule has 1 aromatic carbocycles. The van der Waals surface area contributed by atoms with Crippen LogP contribution in [0, 0.1) is 0 Å². The molecule has 94 valence electrons. The first-order chi connectivity index (χ1) is 8.62. The minimum absolute atomic E-state index is 0.263. The van der Waals surface area contributed by atoms with Crippen molar-refractivity contribution < 1.29 is 14.7 Å². The summed E-state index contributed by atoms with van der Waals surface area (Å²) in [5, 5.41) is 10.0. The van der Waals surface area contributed by atoms with Crippen LogP contribution in [0.5, 0.6) is 0 Å². The molecular weight excluding hydrogens is 230 g/mol. The van der Waals surface area contributed by atoms with Crippen molar-refractivity contribution in [2.75, 3.05) is 0 Å². The molecule has 0 fully saturated rings. The molecule has 0 spiro atoms. The van der Waals surface area contributed by atoms with Crippen molar-refractivity contribution in [3.8, 4) is 0 Å². The average Bonchev–Trinajstić information content (AvgIpc) is 2.75. The smallest absolute Gasteiger partial charge is 0.337 e. The van der Waals surface area contributed by atoms with Gasteiger partial charge in [-0.1, -0.05) is 6.92 Å². The summed E-state index contributed by atoms with van der Waals surface area (Å²) in [6, 6.07) is 3.59. The number of carboxylic acids is 1. The van der Waals surface area contributed by atoms with Gasteiger partial charge in [0, 0.05) is 23.7 Å². The van der Waals surface area contributed by atoms with Crippen molar-refractivity contribution in [3.63, 3.8) is 0 Å². The molecule has 2 rings (SSSR count). The predicted molar refractivity (Wildman–Crippen MR) is 69.3 cm³/mol. The molecule has 2 aromatic rings. The third-order valence-electron chi connectivity index (χ3n) is 3.17. The first-order valence-corrected chi connectivity index (χ1v) is 5.96. The average molecular weight is 245 g/mol. The fraction of sp³-hybridized carbons (Fsp3) is 0.286. The number of carboxylic acid groups (broad SMARTS) is 1. The standard InChI is InChI=1S/C14H15NO3/c1-3-9-5-11-10(8-16)7-15(4-2)13(11)12(6-9)14(17)18/h5-8H,3-4H2,1-2H3,(H,17,18). The number of hydrogen-bond acceptors (Lipinski definition) is 2. The van der Waals surface area contributed by atoms with Crippen molar-refractivity contribution in [1.82, 2.24) is 4.57 Å². The maximum atomic E-state index is 11.3. The molecule has 0 aliphatic carbocycles. The van der Waals surface area contributed by atoms with Crippen LogP contribution < -0.4 is 0 Å². The lowest BCUT2D eigenvalue weighted by atomic mass is 10.0. The van der Waals surface area contributed by atoms with Gasteiger partial charge in [0.05, 0.1) is 11.1 Å². The topological polar surface area (TPSA) is 59.3 Å². The molecule has 0 unspecified atom stereocenters. The van der Waals surface area contributed by atoms with Crippen LogP contribution in [0.2, 0.25) is 0 Å². The van der Waals surface area contributed by atoms with Crippen LogP contribution in [0.1, 0.15) is 40.1 Å². The van der Waals surface area contributed by atoms with Crippen LogP contribution in [0.4, 0.5) is 0 Å². The van der Waals surface area contributed by atoms with E-state index in [4.69, 9.17) is 0 Å². The number of carbonyl (C=O) groups is 2. The molecule has 4 heteroatoms. The largest absolute Gasteiger partial charge is 0.478 e. The number of nitrogens with zero attached hydrogens (tertiary/aromatic N) is 1. The first-order valence-electron chi connectivity index (χ1n) is 5.96. The summed E-state index contributed by atoms with van der Waals surface area (Å²) >= 11 is 0. The van der Waals surface area contributed by atoms with Crippen LogP contribution in [-0.2, 0) is 13.0 Å². The van der Waals surface area contributed by atoms with Gasteiger partial charge in [-0.3, -0.25) is 4.79 Å². The van der Waals surface area contributed by atoms with E-state index in [1.54, 1.807) is 12.3 Å². The summed E-state index contributed by atoms with van der Waals surface area (Å²) in [5.74, 6) is -0.958. The van der Waals surface area contributed by atoms with Crippen molar-refractivity contribution in [1.29, 1.82) is 0 Å². The summed E-state index contributed by atoms with van der Waals surface area (Å²) in [5.41, 5.74) is 2.37. The lowest BCUT2D eigenvalue weighted by Gasteiger charge is -2.06. The van der Waals surface area contributed by atoms with E-state index in [2.05, 4.69) is 0 Å². The molecule has 1 aromatic heterocycles. The molecule has 0 saturated heterocycles. The molecule has 0 saturated carbocycles. The summed E-state index contributed by atoms with van der Waals surface area (Å²) in [4.78, 5) is 22.4. The lowest BCUT2D eigenvalue weighted by molar-refractivity contribution is 0.0698. The lowest BCUT2D eigenvalue weighted by Crippen LogP contribution is -2.03. The highest BCUT2D eigenvalue weighted by molar-refractivity contribution is 6.07. The second-order valence-electron chi connectivity index (χ2n) is 4.19. The molecule has 1 heterocycles. The van der Waals surface area contributed by atoms with Crippen LogP contribution in [-0.4, -0.2) is 21.9 Å². The highest BCUT2D eigenvalue weighted by atomic mass is 16.4. The van der Waals surface area contributed by atoms with Crippen molar-refractivity contribution in [2.45, 2.75) is 26.8 Å². The number of aryl methyl sites for hydroxylation is 2. The maximum absolute atomic E-state index is 11.3. The molecule has 18 heavy (non-hydrogen) atoms. The van der Waals surface area contributed by atoms with E-state index in [0.717, 1.165) is 23.7 Å². The minimum Gasteiger partial charge on any atom is -0.478 e. The van der Waals surface area contributed by atoms with Gasteiger partial charge >= 0.3 is 5.97 Å². The Morgan fingerprint density at radius 2 is 2.11 bits per heavy atom. The van der Waals surface area contributed by atoms with Crippen LogP contribution in [0.25, 0.3) is 10.9 Å². The monoisotopic (exact) mass is 245 g/mol. The molecule has 4 nitrogen and oxygen atoms in total. The van der Waals surface area contributed by atoms with E-state index in [0.29, 0.717) is 17.6 Å². The van der Waals surface area contributed by atoms with Crippen LogP contribution >= 0.6 is 0 Å². The Bertz CT molecular complexity index is 625. The van der Waals surface area contributed by atoms with Crippen molar-refractivity contribution in [2.24, 2.45) is 0 Å². The first kappa shape index (κ1) is 12.4. The van der Waals surface area contributed by atoms with E-state index >= 15 is 0 Å². The molecule has 1 N–H and O–H groups in total. The predicted octanol–water partition coefficient (Wildman–Crippen LogP) is 2.73. The number of benzene rings is 1. The number of fused-ring (bicyclic) bond motifs is 1. The van der Waals surface area contributed by atoms with Crippen molar-refractivity contribution in [3.05, 3.63) is 35.0 Å². The number of aromatic nitrogens is 1. The normalized spacial score (nSPS) is 10.8. The van der Waals surface area contributed by atoms with Gasteiger partial charge in [0.15, 0.2) is 6.29 Å². The third-order valence-corrected chi connectivity index (χ3v) is 3.17. The second kappa shape index (κ2) is 4.64. The summed E-state index contributed by atoms with van der Waals surface area (Å²) in [6.45, 7) is 4.52. The maximum Gasteiger partial charge on any atom is 0.337 e. The van der Waals surface area contributed by atoms with E-state index in [1.165, 1.54) is 0 Å². The van der Waals surface area contributed by atoms with E-state index in [9.17, 15) is 14.7 Å². The van der Waals surface area contributed by atoms with Gasteiger partial charge in [0.1, 0.15) is 0 Å². The minimum atomic E-state index is -0.958. The van der Waals surface area contributed by atoms with Gasteiger partial charge in [-0.25, -0.2) is 4.79 Å². The Labute approximate surface area is 105 Å². The Morgan fingerprint density at radius 3 is 2.61 bits per heavy atom. The van der Waals surface area contributed by atoms with Gasteiger partial charge in [0.25, 0.3) is 0 Å². The molecule has 0 atom stereocenters. The highest BCUT2D eigenvalue weighted by Gasteiger charge is 2.16. The Balaban J connectivity index is 2.91. The third kappa shape index (κ3) is 1.79. The van der Waals surface area contributed by atoms with E-state index in [1.807, 2.05) is 24.5 Å². The number of carbonyl (C=O) groups excluding carboxylic acids is 1. The second-order valence-corrected chi connectivity index (χ2v) is 4.19. The van der Waals surface area contributed by atoms with Gasteiger partial charge in [-0.15, -0.1) is 0 Å². The SMILES string of the molecule is CCc1cc(C(=O)O)c2c(c1)c(C=O)cn2CC. The summed E-state index contributed by atoms with van der Waals surface area (Å²) in [6.07, 6.45) is 3.23. The molecule has 0 aliphatic heterocycles. The van der Waals surface area contributed by atoms with E-state index in [-0.39, 0.29) is 5.56 Å². The Hall–Kier alpha value is -2.10.